The summed E-state index contributed by atoms with van der Waals surface area (Å²) < 4.78 is 1.71. The van der Waals surface area contributed by atoms with E-state index in [2.05, 4.69) is 110 Å². The fourth-order valence-electron chi connectivity index (χ4n) is 6.77. The summed E-state index contributed by atoms with van der Waals surface area (Å²) in [6.07, 6.45) is 8.19. The first-order valence-corrected chi connectivity index (χ1v) is 23.9. The average molecular weight is 1050 g/mol. The molecule has 0 amide bonds. The minimum absolute atomic E-state index is 0.116. The molecular formula is C57H49ClN20. The van der Waals surface area contributed by atoms with Crippen molar-refractivity contribution in [3.8, 4) is 87.6 Å². The highest BCUT2D eigenvalue weighted by atomic mass is 35.5. The third kappa shape index (κ3) is 18.1. The molecule has 6 heterocycles. The van der Waals surface area contributed by atoms with Crippen molar-refractivity contribution in [2.24, 2.45) is 5.11 Å². The molecule has 20 nitrogen and oxygen atoms in total. The fraction of sp³-hybridized carbons (Fsp3) is 0.140. The van der Waals surface area contributed by atoms with Crippen molar-refractivity contribution in [3.63, 3.8) is 0 Å². The number of benzene rings is 3. The van der Waals surface area contributed by atoms with Crippen molar-refractivity contribution in [3.05, 3.63) is 194 Å². The highest BCUT2D eigenvalue weighted by molar-refractivity contribution is 6.29. The summed E-state index contributed by atoms with van der Waals surface area (Å²) in [5.74, 6) is 8.28. The number of nitriles is 3. The van der Waals surface area contributed by atoms with Gasteiger partial charge < -0.3 is 17.2 Å². The highest BCUT2D eigenvalue weighted by Crippen LogP contribution is 2.25. The summed E-state index contributed by atoms with van der Waals surface area (Å²) in [5.41, 5.74) is 36.6. The molecule has 0 fully saturated rings. The summed E-state index contributed by atoms with van der Waals surface area (Å²) in [6.45, 7) is 8.35. The number of nitrogen functional groups attached to an aromatic ring is 3. The van der Waals surface area contributed by atoms with Crippen LogP contribution in [0.2, 0.25) is 5.15 Å². The van der Waals surface area contributed by atoms with E-state index < -0.39 is 0 Å². The monoisotopic (exact) mass is 1050 g/mol. The molecule has 0 spiro atoms. The second-order valence-corrected chi connectivity index (χ2v) is 16.2. The largest absolute Gasteiger partial charge is 0.368 e. The van der Waals surface area contributed by atoms with Crippen molar-refractivity contribution in [1.29, 1.82) is 15.8 Å². The quantitative estimate of drug-likeness (QED) is 0.0377. The van der Waals surface area contributed by atoms with Gasteiger partial charge in [-0.15, -0.1) is 17.4 Å². The van der Waals surface area contributed by atoms with Gasteiger partial charge in [-0.2, -0.15) is 15.8 Å². The van der Waals surface area contributed by atoms with Gasteiger partial charge in [0.2, 0.25) is 17.8 Å². The van der Waals surface area contributed by atoms with Gasteiger partial charge in [-0.3, -0.25) is 9.97 Å². The first-order valence-electron chi connectivity index (χ1n) is 23.6. The minimum Gasteiger partial charge on any atom is -0.368 e. The molecule has 0 saturated carbocycles. The molecule has 0 unspecified atom stereocenters. The standard InChI is InChI=1S/C21H18N8.C14H10N4.C11H7ClN4.C8H10N4.C3H4/c1-2-16-7-4-8-17(24-16)12-29-13-20(27-28-29)19-10-18(25-21(23)26-19)15-6-3-5-14(9-15)11-22;1-2-4-12-8-13(18-14(16)17-12)11-6-3-5-10(7-11)9-15;12-10-5-9(15-11(14)16-10)8-3-1-2-7(4-8)6-13;1-2-7-4-3-5-8(11-7)6-10-12-9;1-3-2/h3-10,13H,2,12H2,1H3,(H2,23,25,26);3,5-8H,1H3,(H2,16,17,18);1-5H,(H2,14,15,16);3-5H,2,6H2,1H3;1H,2H3. The Morgan fingerprint density at radius 3 is 1.53 bits per heavy atom. The lowest BCUT2D eigenvalue weighted by Crippen LogP contribution is -2.03. The van der Waals surface area contributed by atoms with Crippen LogP contribution in [0.15, 0.2) is 139 Å². The normalized spacial score (nSPS) is 9.55. The summed E-state index contributed by atoms with van der Waals surface area (Å²) in [7, 11) is 0. The van der Waals surface area contributed by atoms with Crippen LogP contribution in [0.1, 0.15) is 72.9 Å². The van der Waals surface area contributed by atoms with Gasteiger partial charge >= 0.3 is 0 Å². The third-order valence-corrected chi connectivity index (χ3v) is 10.4. The van der Waals surface area contributed by atoms with Crippen LogP contribution in [0.5, 0.6) is 0 Å². The fourth-order valence-corrected chi connectivity index (χ4v) is 6.96. The first kappa shape index (κ1) is 57.8. The second kappa shape index (κ2) is 30.2. The molecule has 0 atom stereocenters. The number of hydrogen-bond acceptors (Lipinski definition) is 17. The Kier molecular flexibility index (Phi) is 22.4. The van der Waals surface area contributed by atoms with Crippen molar-refractivity contribution < 1.29 is 0 Å². The highest BCUT2D eigenvalue weighted by Gasteiger charge is 2.12. The number of azide groups is 1. The molecule has 9 rings (SSSR count). The Balaban J connectivity index is 0.000000198. The Morgan fingerprint density at radius 1 is 0.577 bits per heavy atom. The molecule has 6 aromatic heterocycles. The molecule has 3 aromatic carbocycles. The van der Waals surface area contributed by atoms with Crippen LogP contribution >= 0.6 is 11.6 Å². The molecule has 0 saturated heterocycles. The summed E-state index contributed by atoms with van der Waals surface area (Å²) >= 11 is 5.78. The van der Waals surface area contributed by atoms with Crippen LogP contribution in [-0.4, -0.2) is 54.9 Å². The van der Waals surface area contributed by atoms with E-state index in [9.17, 15) is 0 Å². The number of nitrogens with two attached hydrogens (primary N) is 3. The number of rotatable bonds is 10. The zero-order valence-corrected chi connectivity index (χ0v) is 43.6. The molecule has 78 heavy (non-hydrogen) atoms. The van der Waals surface area contributed by atoms with Gasteiger partial charge in [-0.25, -0.2) is 34.6 Å². The van der Waals surface area contributed by atoms with E-state index in [-0.39, 0.29) is 23.0 Å². The molecule has 6 N–H and O–H groups in total. The van der Waals surface area contributed by atoms with Crippen molar-refractivity contribution >= 4 is 29.4 Å². The molecule has 0 bridgehead atoms. The lowest BCUT2D eigenvalue weighted by molar-refractivity contribution is 0.636. The molecule has 21 heteroatoms. The number of hydrogen-bond donors (Lipinski definition) is 3. The summed E-state index contributed by atoms with van der Waals surface area (Å²) in [6, 6.07) is 44.5. The Hall–Kier alpha value is -11.1. The van der Waals surface area contributed by atoms with Crippen LogP contribution < -0.4 is 17.2 Å². The van der Waals surface area contributed by atoms with Gasteiger partial charge in [0.05, 0.1) is 82.7 Å². The second-order valence-electron chi connectivity index (χ2n) is 15.8. The first-order chi connectivity index (χ1) is 37.8. The van der Waals surface area contributed by atoms with Gasteiger partial charge in [0.25, 0.3) is 0 Å². The maximum atomic E-state index is 9.12. The number of halogens is 1. The topological polar surface area (TPSA) is 332 Å². The van der Waals surface area contributed by atoms with Crippen LogP contribution in [0.4, 0.5) is 17.8 Å². The predicted molar refractivity (Wildman–Crippen MR) is 300 cm³/mol. The predicted octanol–water partition coefficient (Wildman–Crippen LogP) is 10.2. The van der Waals surface area contributed by atoms with Gasteiger partial charge in [0.15, 0.2) is 0 Å². The van der Waals surface area contributed by atoms with Gasteiger partial charge in [-0.05, 0) is 111 Å². The number of nitrogens with zero attached hydrogens (tertiary/aromatic N) is 17. The van der Waals surface area contributed by atoms with Crippen molar-refractivity contribution in [2.45, 2.75) is 53.6 Å². The number of terminal acetylenes is 1. The average Bonchev–Trinajstić information content (AvgIpc) is 3.94. The molecule has 0 aliphatic rings. The van der Waals surface area contributed by atoms with E-state index in [4.69, 9.17) is 50.1 Å². The smallest absolute Gasteiger partial charge is 0.221 e. The Bertz CT molecular complexity index is 3770. The van der Waals surface area contributed by atoms with Crippen molar-refractivity contribution in [1.82, 2.24) is 54.9 Å². The van der Waals surface area contributed by atoms with Crippen LogP contribution in [0.25, 0.3) is 55.6 Å². The Morgan fingerprint density at radius 2 is 1.03 bits per heavy atom. The Labute approximate surface area is 456 Å². The van der Waals surface area contributed by atoms with Gasteiger partial charge in [0, 0.05) is 44.8 Å². The molecule has 0 radical (unpaired) electrons. The zero-order valence-electron chi connectivity index (χ0n) is 42.8. The third-order valence-electron chi connectivity index (χ3n) is 10.2. The SMILES string of the molecule is C#CC.CC#Cc1cc(-c2cccc(C#N)c2)nc(N)n1.CCc1cccc(CN=[N+]=[N-])n1.CCc1cccc(Cn2cc(-c3cc(-c4cccc(C#N)c4)nc(N)n3)nn2)n1.N#Cc1cccc(-c2cc(Cl)nc(N)n2)c1. The lowest BCUT2D eigenvalue weighted by atomic mass is 10.1. The van der Waals surface area contributed by atoms with Crippen LogP contribution in [0, 0.1) is 58.2 Å². The van der Waals surface area contributed by atoms with E-state index in [1.54, 1.807) is 97.5 Å². The van der Waals surface area contributed by atoms with E-state index in [0.717, 1.165) is 52.3 Å². The molecule has 9 aromatic rings. The lowest BCUT2D eigenvalue weighted by Gasteiger charge is -2.05. The van der Waals surface area contributed by atoms with Gasteiger partial charge in [0.1, 0.15) is 16.5 Å². The van der Waals surface area contributed by atoms with Crippen LogP contribution in [0.3, 0.4) is 0 Å². The summed E-state index contributed by atoms with van der Waals surface area (Å²) in [4.78, 5) is 36.1. The molecule has 0 aliphatic heterocycles. The van der Waals surface area contributed by atoms with E-state index in [1.165, 1.54) is 0 Å². The number of anilines is 3. The maximum absolute atomic E-state index is 9.12. The molecular weight excluding hydrogens is 1000 g/mol. The number of aryl methyl sites for hydroxylation is 2. The molecule has 0 aliphatic carbocycles. The van der Waals surface area contributed by atoms with Gasteiger partial charge in [-0.1, -0.05) is 90.2 Å². The molecule has 384 valence electrons. The number of pyridine rings is 2. The van der Waals surface area contributed by atoms with E-state index >= 15 is 0 Å². The number of aromatic nitrogens is 11. The van der Waals surface area contributed by atoms with Crippen LogP contribution in [-0.2, 0) is 25.9 Å². The minimum atomic E-state index is 0.116. The zero-order chi connectivity index (χ0) is 56.2. The maximum Gasteiger partial charge on any atom is 0.221 e. The van der Waals surface area contributed by atoms with E-state index in [0.29, 0.717) is 63.9 Å². The van der Waals surface area contributed by atoms with Crippen molar-refractivity contribution in [2.75, 3.05) is 17.2 Å². The summed E-state index contributed by atoms with van der Waals surface area (Å²) in [5, 5.41) is 38.9. The van der Waals surface area contributed by atoms with E-state index in [1.807, 2.05) is 61.5 Å².